The molecule has 17 heavy (non-hydrogen) atoms. The second-order valence-electron chi connectivity index (χ2n) is 4.65. The highest BCUT2D eigenvalue weighted by atomic mass is 79.9. The van der Waals surface area contributed by atoms with Crippen LogP contribution in [0.1, 0.15) is 6.42 Å². The Balaban J connectivity index is 2.25. The van der Waals surface area contributed by atoms with E-state index in [0.717, 1.165) is 24.1 Å². The molecule has 1 aliphatic heterocycles. The number of anilines is 1. The Morgan fingerprint density at radius 2 is 2.12 bits per heavy atom. The molecule has 0 spiro atoms. The molecule has 94 valence electrons. The predicted octanol–water partition coefficient (Wildman–Crippen LogP) is 1.92. The maximum atomic E-state index is 5.93. The summed E-state index contributed by atoms with van der Waals surface area (Å²) in [7, 11) is 2.17. The fourth-order valence-electron chi connectivity index (χ4n) is 2.45. The van der Waals surface area contributed by atoms with Gasteiger partial charge in [0.25, 0.3) is 0 Å². The SMILES string of the molecule is CN1CCCN(c2ccccc2Br)C(CN)C1. The fraction of sp³-hybridized carbons (Fsp3) is 0.538. The molecule has 2 rings (SSSR count). The van der Waals surface area contributed by atoms with Gasteiger partial charge < -0.3 is 15.5 Å². The lowest BCUT2D eigenvalue weighted by Crippen LogP contribution is -2.45. The Hall–Kier alpha value is -0.580. The van der Waals surface area contributed by atoms with Crippen molar-refractivity contribution in [2.24, 2.45) is 5.73 Å². The van der Waals surface area contributed by atoms with E-state index in [4.69, 9.17) is 5.73 Å². The number of hydrogen-bond donors (Lipinski definition) is 1. The number of rotatable bonds is 2. The minimum absolute atomic E-state index is 0.404. The Labute approximate surface area is 112 Å². The van der Waals surface area contributed by atoms with Crippen molar-refractivity contribution < 1.29 is 0 Å². The molecule has 1 unspecified atom stereocenters. The quantitative estimate of drug-likeness (QED) is 0.905. The van der Waals surface area contributed by atoms with Gasteiger partial charge in [-0.3, -0.25) is 0 Å². The van der Waals surface area contributed by atoms with Gasteiger partial charge >= 0.3 is 0 Å². The first-order chi connectivity index (χ1) is 8.22. The molecule has 1 fully saturated rings. The zero-order chi connectivity index (χ0) is 12.3. The summed E-state index contributed by atoms with van der Waals surface area (Å²) in [5.41, 5.74) is 7.19. The summed E-state index contributed by atoms with van der Waals surface area (Å²) < 4.78 is 1.16. The Kier molecular flexibility index (Phi) is 4.42. The lowest BCUT2D eigenvalue weighted by molar-refractivity contribution is 0.332. The molecule has 4 heteroatoms. The van der Waals surface area contributed by atoms with Crippen LogP contribution in [0.5, 0.6) is 0 Å². The van der Waals surface area contributed by atoms with E-state index in [2.05, 4.69) is 57.0 Å². The number of halogens is 1. The number of para-hydroxylation sites is 1. The maximum absolute atomic E-state index is 5.93. The first-order valence-electron chi connectivity index (χ1n) is 6.12. The first-order valence-corrected chi connectivity index (χ1v) is 6.91. The minimum atomic E-state index is 0.404. The summed E-state index contributed by atoms with van der Waals surface area (Å²) in [5, 5.41) is 0. The largest absolute Gasteiger partial charge is 0.365 e. The van der Waals surface area contributed by atoms with Gasteiger partial charge in [0.05, 0.1) is 11.7 Å². The molecule has 0 aliphatic carbocycles. The average molecular weight is 298 g/mol. The second-order valence-corrected chi connectivity index (χ2v) is 5.50. The topological polar surface area (TPSA) is 32.5 Å². The standard InChI is InChI=1S/C13H20BrN3/c1-16-7-4-8-17(11(9-15)10-16)13-6-3-2-5-12(13)14/h2-3,5-6,11H,4,7-10,15H2,1H3. The average Bonchev–Trinajstić information content (AvgIpc) is 2.51. The van der Waals surface area contributed by atoms with Gasteiger partial charge in [-0.1, -0.05) is 12.1 Å². The molecule has 0 amide bonds. The molecule has 2 N–H and O–H groups in total. The minimum Gasteiger partial charge on any atom is -0.365 e. The van der Waals surface area contributed by atoms with Crippen LogP contribution < -0.4 is 10.6 Å². The number of hydrogen-bond acceptors (Lipinski definition) is 3. The van der Waals surface area contributed by atoms with Gasteiger partial charge in [0.2, 0.25) is 0 Å². The predicted molar refractivity (Wildman–Crippen MR) is 76.4 cm³/mol. The zero-order valence-corrected chi connectivity index (χ0v) is 11.9. The number of nitrogens with two attached hydrogens (primary N) is 1. The van der Waals surface area contributed by atoms with Crippen LogP contribution in [0.2, 0.25) is 0 Å². The molecule has 0 radical (unpaired) electrons. The van der Waals surface area contributed by atoms with Crippen molar-refractivity contribution in [3.8, 4) is 0 Å². The second kappa shape index (κ2) is 5.85. The maximum Gasteiger partial charge on any atom is 0.0539 e. The van der Waals surface area contributed by atoms with Crippen molar-refractivity contribution in [1.82, 2.24) is 4.90 Å². The van der Waals surface area contributed by atoms with Crippen LogP contribution in [-0.2, 0) is 0 Å². The Morgan fingerprint density at radius 3 is 2.82 bits per heavy atom. The highest BCUT2D eigenvalue weighted by Gasteiger charge is 2.23. The van der Waals surface area contributed by atoms with Crippen molar-refractivity contribution in [2.75, 3.05) is 38.1 Å². The van der Waals surface area contributed by atoms with Crippen LogP contribution in [0.3, 0.4) is 0 Å². The molecule has 1 aromatic carbocycles. The number of nitrogens with zero attached hydrogens (tertiary/aromatic N) is 2. The van der Waals surface area contributed by atoms with Gasteiger partial charge in [-0.2, -0.15) is 0 Å². The molecule has 0 aromatic heterocycles. The first kappa shape index (κ1) is 12.9. The summed E-state index contributed by atoms with van der Waals surface area (Å²) >= 11 is 3.63. The van der Waals surface area contributed by atoms with E-state index >= 15 is 0 Å². The van der Waals surface area contributed by atoms with E-state index in [1.165, 1.54) is 12.1 Å². The van der Waals surface area contributed by atoms with Crippen LogP contribution in [0.4, 0.5) is 5.69 Å². The third-order valence-electron chi connectivity index (χ3n) is 3.34. The molecular formula is C13H20BrN3. The molecule has 1 aliphatic rings. The normalized spacial score (nSPS) is 22.5. The van der Waals surface area contributed by atoms with E-state index in [1.807, 2.05) is 0 Å². The lowest BCUT2D eigenvalue weighted by Gasteiger charge is -2.32. The molecule has 1 aromatic rings. The van der Waals surface area contributed by atoms with Crippen molar-refractivity contribution in [2.45, 2.75) is 12.5 Å². The van der Waals surface area contributed by atoms with Crippen molar-refractivity contribution in [3.05, 3.63) is 28.7 Å². The van der Waals surface area contributed by atoms with Crippen molar-refractivity contribution in [3.63, 3.8) is 0 Å². The molecule has 1 heterocycles. The fourth-order valence-corrected chi connectivity index (χ4v) is 2.96. The van der Waals surface area contributed by atoms with E-state index in [9.17, 15) is 0 Å². The molecule has 3 nitrogen and oxygen atoms in total. The van der Waals surface area contributed by atoms with E-state index in [1.54, 1.807) is 0 Å². The summed E-state index contributed by atoms with van der Waals surface area (Å²) in [6.45, 7) is 3.97. The molecular weight excluding hydrogens is 278 g/mol. The van der Waals surface area contributed by atoms with Crippen LogP contribution in [0.15, 0.2) is 28.7 Å². The summed E-state index contributed by atoms with van der Waals surface area (Å²) in [6, 6.07) is 8.80. The molecule has 0 bridgehead atoms. The highest BCUT2D eigenvalue weighted by Crippen LogP contribution is 2.28. The molecule has 1 saturated heterocycles. The van der Waals surface area contributed by atoms with Crippen molar-refractivity contribution in [1.29, 1.82) is 0 Å². The number of benzene rings is 1. The van der Waals surface area contributed by atoms with Gasteiger partial charge in [0.1, 0.15) is 0 Å². The summed E-state index contributed by atoms with van der Waals surface area (Å²) in [6.07, 6.45) is 1.19. The zero-order valence-electron chi connectivity index (χ0n) is 10.3. The number of likely N-dealkylation sites (N-methyl/N-ethyl adjacent to an activating group) is 1. The third kappa shape index (κ3) is 3.00. The van der Waals surface area contributed by atoms with Crippen LogP contribution in [0.25, 0.3) is 0 Å². The van der Waals surface area contributed by atoms with Crippen LogP contribution in [-0.4, -0.2) is 44.2 Å². The van der Waals surface area contributed by atoms with Gasteiger partial charge in [-0.15, -0.1) is 0 Å². The Bertz CT molecular complexity index is 369. The Morgan fingerprint density at radius 1 is 1.35 bits per heavy atom. The monoisotopic (exact) mass is 297 g/mol. The molecule has 0 saturated carbocycles. The van der Waals surface area contributed by atoms with Gasteiger partial charge in [0, 0.05) is 24.1 Å². The van der Waals surface area contributed by atoms with Crippen LogP contribution in [0, 0.1) is 0 Å². The van der Waals surface area contributed by atoms with Crippen LogP contribution >= 0.6 is 15.9 Å². The lowest BCUT2D eigenvalue weighted by atomic mass is 10.2. The van der Waals surface area contributed by atoms with E-state index in [0.29, 0.717) is 12.6 Å². The smallest absolute Gasteiger partial charge is 0.0539 e. The van der Waals surface area contributed by atoms with Gasteiger partial charge in [0.15, 0.2) is 0 Å². The van der Waals surface area contributed by atoms with Gasteiger partial charge in [-0.05, 0) is 48.1 Å². The molecule has 1 atom stereocenters. The van der Waals surface area contributed by atoms with E-state index in [-0.39, 0.29) is 0 Å². The van der Waals surface area contributed by atoms with E-state index < -0.39 is 0 Å². The summed E-state index contributed by atoms with van der Waals surface area (Å²) in [5.74, 6) is 0. The van der Waals surface area contributed by atoms with Crippen molar-refractivity contribution >= 4 is 21.6 Å². The highest BCUT2D eigenvalue weighted by molar-refractivity contribution is 9.10. The van der Waals surface area contributed by atoms with Gasteiger partial charge in [-0.25, -0.2) is 0 Å². The summed E-state index contributed by atoms with van der Waals surface area (Å²) in [4.78, 5) is 4.81. The third-order valence-corrected chi connectivity index (χ3v) is 4.01.